The zero-order chi connectivity index (χ0) is 15.5. The Morgan fingerprint density at radius 1 is 1.35 bits per heavy atom. The topological polar surface area (TPSA) is 55.1 Å². The van der Waals surface area contributed by atoms with Gasteiger partial charge in [0.15, 0.2) is 0 Å². The van der Waals surface area contributed by atoms with E-state index in [0.717, 1.165) is 12.1 Å². The van der Waals surface area contributed by atoms with Gasteiger partial charge in [-0.2, -0.15) is 13.2 Å². The summed E-state index contributed by atoms with van der Waals surface area (Å²) < 4.78 is 38.2. The Kier molecular flexibility index (Phi) is 5.59. The first-order chi connectivity index (χ1) is 9.09. The zero-order valence-electron chi connectivity index (χ0n) is 11.1. The second-order valence-electron chi connectivity index (χ2n) is 4.95. The molecule has 112 valence electrons. The number of carbonyl (C=O) groups is 1. The molecule has 0 aliphatic carbocycles. The molecule has 0 unspecified atom stereocenters. The van der Waals surface area contributed by atoms with Gasteiger partial charge in [-0.3, -0.25) is 4.79 Å². The van der Waals surface area contributed by atoms with Crippen LogP contribution in [-0.4, -0.2) is 11.9 Å². The molecule has 3 nitrogen and oxygen atoms in total. The van der Waals surface area contributed by atoms with Gasteiger partial charge in [0.1, 0.15) is 0 Å². The van der Waals surface area contributed by atoms with Gasteiger partial charge in [-0.05, 0) is 30.5 Å². The number of anilines is 1. The number of hydrogen-bond acceptors (Lipinski definition) is 2. The van der Waals surface area contributed by atoms with Gasteiger partial charge in [-0.1, -0.05) is 29.8 Å². The molecule has 0 fully saturated rings. The van der Waals surface area contributed by atoms with Crippen molar-refractivity contribution in [2.45, 2.75) is 32.5 Å². The van der Waals surface area contributed by atoms with Gasteiger partial charge in [0.05, 0.1) is 11.6 Å². The largest absolute Gasteiger partial charge is 0.416 e. The van der Waals surface area contributed by atoms with Crippen molar-refractivity contribution in [2.24, 2.45) is 11.7 Å². The predicted molar refractivity (Wildman–Crippen MR) is 75.2 cm³/mol. The van der Waals surface area contributed by atoms with Crippen LogP contribution in [0.4, 0.5) is 18.9 Å². The Bertz CT molecular complexity index is 489. The van der Waals surface area contributed by atoms with Gasteiger partial charge >= 0.3 is 6.18 Å². The van der Waals surface area contributed by atoms with E-state index >= 15 is 0 Å². The van der Waals surface area contributed by atoms with Crippen LogP contribution in [0, 0.1) is 5.92 Å². The van der Waals surface area contributed by atoms with E-state index in [9.17, 15) is 18.0 Å². The number of carbonyl (C=O) groups excluding carboxylic acids is 1. The summed E-state index contributed by atoms with van der Waals surface area (Å²) in [6.07, 6.45) is -4.00. The van der Waals surface area contributed by atoms with Gasteiger partial charge in [0.2, 0.25) is 5.91 Å². The van der Waals surface area contributed by atoms with Crippen molar-refractivity contribution in [3.05, 3.63) is 28.2 Å². The maximum atomic E-state index is 12.7. The fourth-order valence-electron chi connectivity index (χ4n) is 1.68. The van der Waals surface area contributed by atoms with Crippen LogP contribution in [0.2, 0.25) is 0 Å². The van der Waals surface area contributed by atoms with Crippen LogP contribution in [0.25, 0.3) is 0 Å². The Morgan fingerprint density at radius 3 is 2.45 bits per heavy atom. The standard InChI is InChI=1S/C13H16BrF3N2O/c1-7(2)3-11(18)12(20)19-10-5-8(13(15,16)17)4-9(14)6-10/h4-7,11H,3,18H2,1-2H3,(H,19,20)/t11-/m1/s1. The number of amides is 1. The number of nitrogens with one attached hydrogen (secondary N) is 1. The highest BCUT2D eigenvalue weighted by Crippen LogP contribution is 2.33. The molecular weight excluding hydrogens is 337 g/mol. The summed E-state index contributed by atoms with van der Waals surface area (Å²) in [5.41, 5.74) is 4.91. The second-order valence-corrected chi connectivity index (χ2v) is 5.87. The van der Waals surface area contributed by atoms with E-state index in [1.54, 1.807) is 0 Å². The molecule has 0 aromatic heterocycles. The van der Waals surface area contributed by atoms with Crippen molar-refractivity contribution in [1.29, 1.82) is 0 Å². The molecule has 0 aliphatic rings. The minimum atomic E-state index is -4.47. The number of halogens is 4. The van der Waals surface area contributed by atoms with Crippen molar-refractivity contribution < 1.29 is 18.0 Å². The molecular formula is C13H16BrF3N2O. The van der Waals surface area contributed by atoms with Crippen molar-refractivity contribution in [3.63, 3.8) is 0 Å². The van der Waals surface area contributed by atoms with Gasteiger partial charge in [0.25, 0.3) is 0 Å². The summed E-state index contributed by atoms with van der Waals surface area (Å²) in [6, 6.07) is 2.48. The number of rotatable bonds is 4. The fourth-order valence-corrected chi connectivity index (χ4v) is 2.17. The van der Waals surface area contributed by atoms with Crippen LogP contribution in [0.1, 0.15) is 25.8 Å². The smallest absolute Gasteiger partial charge is 0.325 e. The maximum absolute atomic E-state index is 12.7. The lowest BCUT2D eigenvalue weighted by atomic mass is 10.0. The van der Waals surface area contributed by atoms with Crippen molar-refractivity contribution in [3.8, 4) is 0 Å². The van der Waals surface area contributed by atoms with Crippen LogP contribution in [0.5, 0.6) is 0 Å². The lowest BCUT2D eigenvalue weighted by molar-refractivity contribution is -0.137. The molecule has 1 aromatic carbocycles. The molecule has 0 saturated heterocycles. The van der Waals surface area contributed by atoms with E-state index in [1.165, 1.54) is 6.07 Å². The van der Waals surface area contributed by atoms with Crippen molar-refractivity contribution >= 4 is 27.5 Å². The average Bonchev–Trinajstić information content (AvgIpc) is 2.25. The first-order valence-electron chi connectivity index (χ1n) is 6.04. The highest BCUT2D eigenvalue weighted by molar-refractivity contribution is 9.10. The Labute approximate surface area is 123 Å². The number of benzene rings is 1. The molecule has 1 atom stereocenters. The minimum Gasteiger partial charge on any atom is -0.325 e. The van der Waals surface area contributed by atoms with E-state index in [0.29, 0.717) is 6.42 Å². The summed E-state index contributed by atoms with van der Waals surface area (Å²) in [7, 11) is 0. The second kappa shape index (κ2) is 6.58. The predicted octanol–water partition coefficient (Wildman–Crippen LogP) is 3.78. The average molecular weight is 353 g/mol. The van der Waals surface area contributed by atoms with Crippen molar-refractivity contribution in [2.75, 3.05) is 5.32 Å². The van der Waals surface area contributed by atoms with Crippen LogP contribution in [0.3, 0.4) is 0 Å². The van der Waals surface area contributed by atoms with Crippen molar-refractivity contribution in [1.82, 2.24) is 0 Å². The highest BCUT2D eigenvalue weighted by atomic mass is 79.9. The molecule has 3 N–H and O–H groups in total. The van der Waals surface area contributed by atoms with Gasteiger partial charge in [0, 0.05) is 10.2 Å². The molecule has 20 heavy (non-hydrogen) atoms. The number of alkyl halides is 3. The molecule has 1 aromatic rings. The van der Waals surface area contributed by atoms with E-state index in [2.05, 4.69) is 21.2 Å². The van der Waals surface area contributed by atoms with Gasteiger partial charge < -0.3 is 11.1 Å². The van der Waals surface area contributed by atoms with E-state index < -0.39 is 23.7 Å². The SMILES string of the molecule is CC(C)C[C@@H](N)C(=O)Nc1cc(Br)cc(C(F)(F)F)c1. The molecule has 0 saturated carbocycles. The lowest BCUT2D eigenvalue weighted by Crippen LogP contribution is -2.36. The quantitative estimate of drug-likeness (QED) is 0.866. The summed E-state index contributed by atoms with van der Waals surface area (Å²) in [5.74, 6) is -0.270. The summed E-state index contributed by atoms with van der Waals surface area (Å²) >= 11 is 2.99. The normalized spacial score (nSPS) is 13.4. The fraction of sp³-hybridized carbons (Fsp3) is 0.462. The van der Waals surface area contributed by atoms with Crippen LogP contribution >= 0.6 is 15.9 Å². The Morgan fingerprint density at radius 2 is 1.95 bits per heavy atom. The first-order valence-corrected chi connectivity index (χ1v) is 6.83. The highest BCUT2D eigenvalue weighted by Gasteiger charge is 2.31. The monoisotopic (exact) mass is 352 g/mol. The number of nitrogens with two attached hydrogens (primary N) is 1. The molecule has 1 rings (SSSR count). The van der Waals surface area contributed by atoms with E-state index in [1.807, 2.05) is 13.8 Å². The van der Waals surface area contributed by atoms with Crippen LogP contribution in [0.15, 0.2) is 22.7 Å². The van der Waals surface area contributed by atoms with Crippen LogP contribution < -0.4 is 11.1 Å². The molecule has 0 aliphatic heterocycles. The molecule has 7 heteroatoms. The third-order valence-corrected chi connectivity index (χ3v) is 3.01. The minimum absolute atomic E-state index is 0.0657. The third-order valence-electron chi connectivity index (χ3n) is 2.55. The molecule has 0 radical (unpaired) electrons. The lowest BCUT2D eigenvalue weighted by Gasteiger charge is -2.15. The first kappa shape index (κ1) is 17.0. The summed E-state index contributed by atoms with van der Waals surface area (Å²) in [6.45, 7) is 3.82. The summed E-state index contributed by atoms with van der Waals surface area (Å²) in [5, 5.41) is 2.41. The Hall–Kier alpha value is -1.08. The summed E-state index contributed by atoms with van der Waals surface area (Å²) in [4.78, 5) is 11.8. The molecule has 0 bridgehead atoms. The van der Waals surface area contributed by atoms with E-state index in [-0.39, 0.29) is 16.1 Å². The Balaban J connectivity index is 2.88. The van der Waals surface area contributed by atoms with Crippen LogP contribution in [-0.2, 0) is 11.0 Å². The maximum Gasteiger partial charge on any atom is 0.416 e. The third kappa shape index (κ3) is 5.13. The zero-order valence-corrected chi connectivity index (χ0v) is 12.7. The molecule has 1 amide bonds. The molecule has 0 spiro atoms. The van der Waals surface area contributed by atoms with Gasteiger partial charge in [-0.25, -0.2) is 0 Å². The molecule has 0 heterocycles. The van der Waals surface area contributed by atoms with Gasteiger partial charge in [-0.15, -0.1) is 0 Å². The number of hydrogen-bond donors (Lipinski definition) is 2. The van der Waals surface area contributed by atoms with E-state index in [4.69, 9.17) is 5.73 Å².